The van der Waals surface area contributed by atoms with Crippen LogP contribution in [0.4, 0.5) is 11.4 Å². The molecule has 0 bridgehead atoms. The number of halogens is 1. The summed E-state index contributed by atoms with van der Waals surface area (Å²) in [6.45, 7) is 2.30. The summed E-state index contributed by atoms with van der Waals surface area (Å²) in [6, 6.07) is 16.5. The molecule has 2 aromatic carbocycles. The number of amides is 1. The van der Waals surface area contributed by atoms with Crippen molar-refractivity contribution in [3.8, 4) is 0 Å². The molecule has 6 nitrogen and oxygen atoms in total. The van der Waals surface area contributed by atoms with Crippen molar-refractivity contribution < 1.29 is 9.53 Å². The molecule has 1 aliphatic heterocycles. The third-order valence-electron chi connectivity index (χ3n) is 3.76. The normalized spacial score (nSPS) is 16.5. The fourth-order valence-electron chi connectivity index (χ4n) is 2.52. The van der Waals surface area contributed by atoms with Crippen LogP contribution in [0.5, 0.6) is 0 Å². The van der Waals surface area contributed by atoms with E-state index >= 15 is 0 Å². The number of carbonyl (C=O) groups excluding carboxylic acids is 1. The van der Waals surface area contributed by atoms with Gasteiger partial charge in [0.05, 0.1) is 23.0 Å². The number of hydrogen-bond acceptors (Lipinski definition) is 5. The van der Waals surface area contributed by atoms with E-state index in [1.54, 1.807) is 35.4 Å². The van der Waals surface area contributed by atoms with Gasteiger partial charge in [0, 0.05) is 0 Å². The van der Waals surface area contributed by atoms with Crippen molar-refractivity contribution >= 4 is 34.7 Å². The molecular formula is C19H19ClN4O2. The molecule has 7 heteroatoms. The second kappa shape index (κ2) is 7.93. The van der Waals surface area contributed by atoms with Crippen molar-refractivity contribution in [2.45, 2.75) is 6.92 Å². The van der Waals surface area contributed by atoms with E-state index in [4.69, 9.17) is 22.1 Å². The van der Waals surface area contributed by atoms with E-state index in [9.17, 15) is 4.79 Å². The summed E-state index contributed by atoms with van der Waals surface area (Å²) in [6.07, 6.45) is 1.66. The molecule has 0 aliphatic carbocycles. The van der Waals surface area contributed by atoms with Crippen LogP contribution in [0.15, 0.2) is 71.7 Å². The van der Waals surface area contributed by atoms with Crippen LogP contribution in [0.2, 0.25) is 5.02 Å². The molecule has 0 spiro atoms. The zero-order chi connectivity index (χ0) is 18.5. The van der Waals surface area contributed by atoms with Gasteiger partial charge in [-0.3, -0.25) is 4.79 Å². The first kappa shape index (κ1) is 17.8. The van der Waals surface area contributed by atoms with Crippen LogP contribution < -0.4 is 16.1 Å². The topological polar surface area (TPSA) is 79.9 Å². The summed E-state index contributed by atoms with van der Waals surface area (Å²) in [5, 5.41) is 9.17. The van der Waals surface area contributed by atoms with E-state index in [-0.39, 0.29) is 11.7 Å². The van der Waals surface area contributed by atoms with Gasteiger partial charge in [-0.15, -0.1) is 0 Å². The Bertz CT molecular complexity index is 852. The molecule has 1 aliphatic rings. The van der Waals surface area contributed by atoms with Crippen molar-refractivity contribution in [2.75, 3.05) is 16.9 Å². The number of nitrogens with one attached hydrogen (secondary N) is 1. The monoisotopic (exact) mass is 370 g/mol. The molecular weight excluding hydrogens is 352 g/mol. The number of para-hydroxylation sites is 2. The molecule has 1 amide bonds. The summed E-state index contributed by atoms with van der Waals surface area (Å²) in [5.74, 6) is -0.467. The van der Waals surface area contributed by atoms with Crippen LogP contribution in [0, 0.1) is 5.92 Å². The van der Waals surface area contributed by atoms with E-state index in [1.165, 1.54) is 0 Å². The standard InChI is InChI=1S/C19H19ClN4O2/c1-2-26-17-12-14(19(25)22-16-11-7-6-10-15(16)20)18(21)23-24(17)13-8-4-3-5-9-13/h3-12,14H,2H2,1H3,(H2,21,23)(H,22,25). The fraction of sp³-hybridized carbons (Fsp3) is 0.158. The minimum absolute atomic E-state index is 0.168. The minimum atomic E-state index is -0.757. The van der Waals surface area contributed by atoms with Crippen LogP contribution in [-0.2, 0) is 9.53 Å². The molecule has 0 aromatic heterocycles. The van der Waals surface area contributed by atoms with Gasteiger partial charge in [-0.1, -0.05) is 41.9 Å². The second-order valence-electron chi connectivity index (χ2n) is 5.56. The molecule has 0 saturated heterocycles. The lowest BCUT2D eigenvalue weighted by Crippen LogP contribution is -2.40. The number of nitrogens with two attached hydrogens (primary N) is 1. The van der Waals surface area contributed by atoms with Crippen molar-refractivity contribution in [2.24, 2.45) is 16.8 Å². The summed E-state index contributed by atoms with van der Waals surface area (Å²) in [7, 11) is 0. The van der Waals surface area contributed by atoms with Gasteiger partial charge in [0.2, 0.25) is 11.8 Å². The zero-order valence-electron chi connectivity index (χ0n) is 14.2. The van der Waals surface area contributed by atoms with Crippen molar-refractivity contribution in [1.29, 1.82) is 0 Å². The van der Waals surface area contributed by atoms with Gasteiger partial charge in [0.1, 0.15) is 11.8 Å². The number of rotatable bonds is 5. The molecule has 134 valence electrons. The minimum Gasteiger partial charge on any atom is -0.478 e. The van der Waals surface area contributed by atoms with Gasteiger partial charge in [-0.2, -0.15) is 10.1 Å². The maximum absolute atomic E-state index is 12.7. The van der Waals surface area contributed by atoms with Gasteiger partial charge in [-0.05, 0) is 37.3 Å². The van der Waals surface area contributed by atoms with Crippen LogP contribution >= 0.6 is 11.6 Å². The third-order valence-corrected chi connectivity index (χ3v) is 4.09. The van der Waals surface area contributed by atoms with Gasteiger partial charge < -0.3 is 15.8 Å². The van der Waals surface area contributed by atoms with E-state index < -0.39 is 5.92 Å². The lowest BCUT2D eigenvalue weighted by molar-refractivity contribution is -0.117. The van der Waals surface area contributed by atoms with Crippen LogP contribution in [-0.4, -0.2) is 18.3 Å². The number of amidine groups is 1. The Hall–Kier alpha value is -2.99. The third kappa shape index (κ3) is 3.81. The molecule has 1 heterocycles. The largest absolute Gasteiger partial charge is 0.478 e. The highest BCUT2D eigenvalue weighted by molar-refractivity contribution is 6.33. The van der Waals surface area contributed by atoms with Gasteiger partial charge in [0.25, 0.3) is 0 Å². The van der Waals surface area contributed by atoms with Crippen LogP contribution in [0.25, 0.3) is 0 Å². The maximum atomic E-state index is 12.7. The zero-order valence-corrected chi connectivity index (χ0v) is 15.0. The van der Waals surface area contributed by atoms with Gasteiger partial charge >= 0.3 is 0 Å². The quantitative estimate of drug-likeness (QED) is 0.843. The highest BCUT2D eigenvalue weighted by atomic mass is 35.5. The predicted octanol–water partition coefficient (Wildman–Crippen LogP) is 3.57. The fourth-order valence-corrected chi connectivity index (χ4v) is 2.70. The summed E-state index contributed by atoms with van der Waals surface area (Å²) >= 11 is 6.10. The number of hydrazone groups is 1. The molecule has 3 N–H and O–H groups in total. The van der Waals surface area contributed by atoms with Gasteiger partial charge in [0.15, 0.2) is 0 Å². The van der Waals surface area contributed by atoms with E-state index in [2.05, 4.69) is 10.4 Å². The first-order chi connectivity index (χ1) is 12.6. The number of anilines is 2. The Morgan fingerprint density at radius 1 is 1.23 bits per heavy atom. The van der Waals surface area contributed by atoms with E-state index in [0.717, 1.165) is 5.69 Å². The van der Waals surface area contributed by atoms with Crippen LogP contribution in [0.3, 0.4) is 0 Å². The highest BCUT2D eigenvalue weighted by Gasteiger charge is 2.29. The highest BCUT2D eigenvalue weighted by Crippen LogP contribution is 2.27. The van der Waals surface area contributed by atoms with Crippen LogP contribution in [0.1, 0.15) is 6.92 Å². The Labute approximate surface area is 156 Å². The molecule has 3 rings (SSSR count). The average molecular weight is 371 g/mol. The molecule has 26 heavy (non-hydrogen) atoms. The smallest absolute Gasteiger partial charge is 0.239 e. The van der Waals surface area contributed by atoms with Crippen molar-refractivity contribution in [3.63, 3.8) is 0 Å². The molecule has 2 aromatic rings. The Balaban J connectivity index is 1.87. The number of hydrogen-bond donors (Lipinski definition) is 2. The Morgan fingerprint density at radius 2 is 1.92 bits per heavy atom. The molecule has 0 radical (unpaired) electrons. The number of nitrogens with zero attached hydrogens (tertiary/aromatic N) is 2. The Morgan fingerprint density at radius 3 is 2.62 bits per heavy atom. The summed E-state index contributed by atoms with van der Waals surface area (Å²) in [5.41, 5.74) is 7.38. The summed E-state index contributed by atoms with van der Waals surface area (Å²) < 4.78 is 5.67. The number of carbonyl (C=O) groups is 1. The molecule has 1 unspecified atom stereocenters. The van der Waals surface area contributed by atoms with Crippen molar-refractivity contribution in [1.82, 2.24) is 0 Å². The Kier molecular flexibility index (Phi) is 5.43. The lowest BCUT2D eigenvalue weighted by atomic mass is 10.1. The number of ether oxygens (including phenoxy) is 1. The number of benzene rings is 2. The van der Waals surface area contributed by atoms with E-state index in [1.807, 2.05) is 37.3 Å². The first-order valence-electron chi connectivity index (χ1n) is 8.19. The second-order valence-corrected chi connectivity index (χ2v) is 5.96. The predicted molar refractivity (Wildman–Crippen MR) is 104 cm³/mol. The van der Waals surface area contributed by atoms with Gasteiger partial charge in [-0.25, -0.2) is 0 Å². The maximum Gasteiger partial charge on any atom is 0.239 e. The summed E-state index contributed by atoms with van der Waals surface area (Å²) in [4.78, 5) is 12.7. The van der Waals surface area contributed by atoms with Crippen molar-refractivity contribution in [3.05, 3.63) is 71.6 Å². The molecule has 0 saturated carbocycles. The molecule has 0 fully saturated rings. The average Bonchev–Trinajstić information content (AvgIpc) is 2.65. The lowest BCUT2D eigenvalue weighted by Gasteiger charge is -2.28. The SMILES string of the molecule is CCOC1=CC(C(=O)Nc2ccccc2Cl)C(N)=NN1c1ccccc1. The molecule has 1 atom stereocenters. The first-order valence-corrected chi connectivity index (χ1v) is 8.57. The van der Waals surface area contributed by atoms with E-state index in [0.29, 0.717) is 23.2 Å².